The van der Waals surface area contributed by atoms with Gasteiger partial charge in [0.05, 0.1) is 6.61 Å². The van der Waals surface area contributed by atoms with E-state index in [1.54, 1.807) is 0 Å². The van der Waals surface area contributed by atoms with Gasteiger partial charge in [0.25, 0.3) is 0 Å². The number of hydrogen-bond donors (Lipinski definition) is 2. The Morgan fingerprint density at radius 2 is 2.13 bits per heavy atom. The van der Waals surface area contributed by atoms with Gasteiger partial charge in [0, 0.05) is 19.7 Å². The number of nitrogens with one attached hydrogen (secondary N) is 1. The summed E-state index contributed by atoms with van der Waals surface area (Å²) in [5.74, 6) is -1.04. The molecule has 3 N–H and O–H groups in total. The van der Waals surface area contributed by atoms with Gasteiger partial charge in [-0.05, 0) is 6.42 Å². The highest BCUT2D eigenvalue weighted by Crippen LogP contribution is 2.18. The maximum Gasteiger partial charge on any atom is 0.397 e. The molecule has 0 aliphatic rings. The smallest absolute Gasteiger partial charge is 0.383 e. The van der Waals surface area contributed by atoms with Gasteiger partial charge in [0.1, 0.15) is 6.42 Å². The van der Waals surface area contributed by atoms with Crippen molar-refractivity contribution in [1.82, 2.24) is 5.32 Å². The third kappa shape index (κ3) is 9.48. The average Bonchev–Trinajstić information content (AvgIpc) is 2.00. The van der Waals surface area contributed by atoms with Crippen molar-refractivity contribution in [2.75, 3.05) is 20.3 Å². The van der Waals surface area contributed by atoms with Crippen LogP contribution in [0.15, 0.2) is 0 Å². The second kappa shape index (κ2) is 6.62. The summed E-state index contributed by atoms with van der Waals surface area (Å²) in [4.78, 5) is 10.7. The van der Waals surface area contributed by atoms with Crippen LogP contribution in [0.4, 0.5) is 13.2 Å². The van der Waals surface area contributed by atoms with Crippen molar-refractivity contribution in [2.45, 2.75) is 25.1 Å². The van der Waals surface area contributed by atoms with Gasteiger partial charge in [-0.3, -0.25) is 4.79 Å². The zero-order chi connectivity index (χ0) is 11.9. The molecule has 0 aromatic carbocycles. The lowest BCUT2D eigenvalue weighted by Crippen LogP contribution is -2.34. The Bertz CT molecular complexity index is 197. The van der Waals surface area contributed by atoms with Gasteiger partial charge in [-0.2, -0.15) is 13.2 Å². The van der Waals surface area contributed by atoms with Crippen molar-refractivity contribution < 1.29 is 22.7 Å². The molecule has 0 radical (unpaired) electrons. The molecule has 0 rings (SSSR count). The van der Waals surface area contributed by atoms with Crippen molar-refractivity contribution in [3.63, 3.8) is 0 Å². The number of rotatable bonds is 6. The van der Waals surface area contributed by atoms with E-state index in [2.05, 4.69) is 5.32 Å². The molecule has 0 aliphatic carbocycles. The SMILES string of the molecule is COCC(N)CCNC(=O)CC(F)(F)F. The van der Waals surface area contributed by atoms with E-state index in [4.69, 9.17) is 10.5 Å². The number of nitrogens with two attached hydrogens (primary N) is 1. The molecule has 0 bridgehead atoms. The Labute approximate surface area is 86.0 Å². The van der Waals surface area contributed by atoms with E-state index in [0.29, 0.717) is 13.0 Å². The maximum atomic E-state index is 11.7. The number of amides is 1. The molecule has 0 spiro atoms. The maximum absolute atomic E-state index is 11.7. The predicted octanol–water partition coefficient (Wildman–Crippen LogP) is 0.419. The molecule has 0 saturated carbocycles. The number of carbonyl (C=O) groups excluding carboxylic acids is 1. The van der Waals surface area contributed by atoms with Crippen molar-refractivity contribution in [2.24, 2.45) is 5.73 Å². The molecule has 0 saturated heterocycles. The van der Waals surface area contributed by atoms with Gasteiger partial charge in [0.15, 0.2) is 0 Å². The second-order valence-corrected chi connectivity index (χ2v) is 3.15. The topological polar surface area (TPSA) is 64.3 Å². The molecule has 0 aromatic rings. The van der Waals surface area contributed by atoms with E-state index in [1.165, 1.54) is 7.11 Å². The molecule has 1 atom stereocenters. The molecule has 0 aliphatic heterocycles. The molecule has 15 heavy (non-hydrogen) atoms. The highest BCUT2D eigenvalue weighted by Gasteiger charge is 2.30. The standard InChI is InChI=1S/C8H15F3N2O2/c1-15-5-6(12)2-3-13-7(14)4-8(9,10)11/h6H,2-5,12H2,1H3,(H,13,14). The van der Waals surface area contributed by atoms with Gasteiger partial charge >= 0.3 is 6.18 Å². The van der Waals surface area contributed by atoms with Crippen LogP contribution in [0.3, 0.4) is 0 Å². The Hall–Kier alpha value is -0.820. The molecule has 7 heteroatoms. The van der Waals surface area contributed by atoms with Crippen molar-refractivity contribution in [3.8, 4) is 0 Å². The molecule has 1 unspecified atom stereocenters. The number of alkyl halides is 3. The lowest BCUT2D eigenvalue weighted by Gasteiger charge is -2.11. The molecule has 4 nitrogen and oxygen atoms in total. The molecule has 0 heterocycles. The van der Waals surface area contributed by atoms with Gasteiger partial charge in [0.2, 0.25) is 5.91 Å². The Balaban J connectivity index is 3.55. The number of carbonyl (C=O) groups is 1. The van der Waals surface area contributed by atoms with Crippen LogP contribution in [0.25, 0.3) is 0 Å². The van der Waals surface area contributed by atoms with Gasteiger partial charge in [-0.1, -0.05) is 0 Å². The number of ether oxygens (including phenoxy) is 1. The van der Waals surface area contributed by atoms with Crippen LogP contribution in [0.2, 0.25) is 0 Å². The quantitative estimate of drug-likeness (QED) is 0.692. The van der Waals surface area contributed by atoms with E-state index >= 15 is 0 Å². The minimum atomic E-state index is -4.46. The zero-order valence-electron chi connectivity index (χ0n) is 8.43. The lowest BCUT2D eigenvalue weighted by molar-refractivity contribution is -0.153. The summed E-state index contributed by atoms with van der Waals surface area (Å²) in [6.07, 6.45) is -5.53. The van der Waals surface area contributed by atoms with E-state index < -0.39 is 18.5 Å². The third-order valence-electron chi connectivity index (χ3n) is 1.58. The van der Waals surface area contributed by atoms with E-state index in [1.807, 2.05) is 0 Å². The molecule has 0 aromatic heterocycles. The molecule has 90 valence electrons. The van der Waals surface area contributed by atoms with Crippen LogP contribution in [-0.2, 0) is 9.53 Å². The first-order chi connectivity index (χ1) is 6.85. The largest absolute Gasteiger partial charge is 0.397 e. The Morgan fingerprint density at radius 3 is 2.60 bits per heavy atom. The fourth-order valence-electron chi connectivity index (χ4n) is 0.939. The zero-order valence-corrected chi connectivity index (χ0v) is 8.43. The average molecular weight is 228 g/mol. The Kier molecular flexibility index (Phi) is 6.26. The summed E-state index contributed by atoms with van der Waals surface area (Å²) < 4.78 is 39.8. The van der Waals surface area contributed by atoms with Gasteiger partial charge < -0.3 is 15.8 Å². The fraction of sp³-hybridized carbons (Fsp3) is 0.875. The predicted molar refractivity (Wildman–Crippen MR) is 48.2 cm³/mol. The van der Waals surface area contributed by atoms with Crippen molar-refractivity contribution in [3.05, 3.63) is 0 Å². The first-order valence-corrected chi connectivity index (χ1v) is 4.43. The van der Waals surface area contributed by atoms with E-state index in [-0.39, 0.29) is 12.6 Å². The highest BCUT2D eigenvalue weighted by molar-refractivity contribution is 5.76. The van der Waals surface area contributed by atoms with E-state index in [9.17, 15) is 18.0 Å². The van der Waals surface area contributed by atoms with Crippen LogP contribution in [0, 0.1) is 0 Å². The molecule has 0 fully saturated rings. The number of halogens is 3. The third-order valence-corrected chi connectivity index (χ3v) is 1.58. The van der Waals surface area contributed by atoms with Crippen molar-refractivity contribution >= 4 is 5.91 Å². The summed E-state index contributed by atoms with van der Waals surface area (Å²) in [5, 5.41) is 2.13. The summed E-state index contributed by atoms with van der Waals surface area (Å²) in [7, 11) is 1.47. The lowest BCUT2D eigenvalue weighted by atomic mass is 10.2. The summed E-state index contributed by atoms with van der Waals surface area (Å²) in [6, 6.07) is -0.277. The van der Waals surface area contributed by atoms with Gasteiger partial charge in [-0.25, -0.2) is 0 Å². The van der Waals surface area contributed by atoms with Crippen LogP contribution in [0.1, 0.15) is 12.8 Å². The second-order valence-electron chi connectivity index (χ2n) is 3.15. The molecule has 1 amide bonds. The van der Waals surface area contributed by atoms with Crippen LogP contribution in [0.5, 0.6) is 0 Å². The minimum absolute atomic E-state index is 0.124. The summed E-state index contributed by atoms with van der Waals surface area (Å²) in [6.45, 7) is 0.439. The minimum Gasteiger partial charge on any atom is -0.383 e. The van der Waals surface area contributed by atoms with E-state index in [0.717, 1.165) is 0 Å². The van der Waals surface area contributed by atoms with Crippen LogP contribution >= 0.6 is 0 Å². The Morgan fingerprint density at radius 1 is 1.53 bits per heavy atom. The summed E-state index contributed by atoms with van der Waals surface area (Å²) >= 11 is 0. The fourth-order valence-corrected chi connectivity index (χ4v) is 0.939. The summed E-state index contributed by atoms with van der Waals surface area (Å²) in [5.41, 5.74) is 5.50. The number of hydrogen-bond acceptors (Lipinski definition) is 3. The normalized spacial score (nSPS) is 13.7. The van der Waals surface area contributed by atoms with Crippen LogP contribution in [-0.4, -0.2) is 38.4 Å². The monoisotopic (exact) mass is 228 g/mol. The van der Waals surface area contributed by atoms with Crippen LogP contribution < -0.4 is 11.1 Å². The highest BCUT2D eigenvalue weighted by atomic mass is 19.4. The molecular formula is C8H15F3N2O2. The van der Waals surface area contributed by atoms with Crippen molar-refractivity contribution in [1.29, 1.82) is 0 Å². The number of methoxy groups -OCH3 is 1. The molecular weight excluding hydrogens is 213 g/mol. The first kappa shape index (κ1) is 14.2. The first-order valence-electron chi connectivity index (χ1n) is 4.43. The van der Waals surface area contributed by atoms with Gasteiger partial charge in [-0.15, -0.1) is 0 Å².